The molecule has 1 amide bonds. The monoisotopic (exact) mass is 446 g/mol. The first-order valence-electron chi connectivity index (χ1n) is 12.1. The van der Waals surface area contributed by atoms with Crippen molar-refractivity contribution in [3.8, 4) is 0 Å². The van der Waals surface area contributed by atoms with Crippen LogP contribution in [0.2, 0.25) is 0 Å². The van der Waals surface area contributed by atoms with E-state index >= 15 is 0 Å². The molecule has 2 fully saturated rings. The Bertz CT molecular complexity index is 931. The molecule has 33 heavy (non-hydrogen) atoms. The van der Waals surface area contributed by atoms with Crippen molar-refractivity contribution in [2.24, 2.45) is 27.6 Å². The minimum absolute atomic E-state index is 0.254. The van der Waals surface area contributed by atoms with Crippen LogP contribution in [0.5, 0.6) is 0 Å². The number of amides is 1. The summed E-state index contributed by atoms with van der Waals surface area (Å²) in [5, 5.41) is 3.01. The van der Waals surface area contributed by atoms with Crippen molar-refractivity contribution in [3.05, 3.63) is 73.0 Å². The summed E-state index contributed by atoms with van der Waals surface area (Å²) in [5.41, 5.74) is 8.37. The van der Waals surface area contributed by atoms with Crippen LogP contribution >= 0.6 is 0 Å². The molecule has 5 heteroatoms. The number of nitrogens with one attached hydrogen (secondary N) is 1. The van der Waals surface area contributed by atoms with E-state index in [9.17, 15) is 4.79 Å². The zero-order valence-corrected chi connectivity index (χ0v) is 20.1. The Morgan fingerprint density at radius 1 is 1.24 bits per heavy atom. The Morgan fingerprint density at radius 2 is 1.94 bits per heavy atom. The van der Waals surface area contributed by atoms with Crippen LogP contribution in [0.4, 0.5) is 0 Å². The molecule has 3 N–H and O–H groups in total. The van der Waals surface area contributed by atoms with Gasteiger partial charge in [-0.15, -0.1) is 0 Å². The summed E-state index contributed by atoms with van der Waals surface area (Å²) >= 11 is 0. The largest absolute Gasteiger partial charge is 0.405 e. The summed E-state index contributed by atoms with van der Waals surface area (Å²) in [6.07, 6.45) is 22.5. The van der Waals surface area contributed by atoms with Crippen LogP contribution in [0.15, 0.2) is 83.0 Å². The number of carbonyl (C=O) groups is 1. The molecular formula is C28H38N4O. The second-order valence-electron chi connectivity index (χ2n) is 9.28. The van der Waals surface area contributed by atoms with Crippen LogP contribution in [-0.4, -0.2) is 35.5 Å². The van der Waals surface area contributed by atoms with Gasteiger partial charge in [-0.05, 0) is 87.4 Å². The second-order valence-corrected chi connectivity index (χ2v) is 9.28. The highest BCUT2D eigenvalue weighted by molar-refractivity contribution is 6.43. The lowest BCUT2D eigenvalue weighted by atomic mass is 9.93. The molecule has 0 spiro atoms. The molecule has 2 saturated carbocycles. The molecule has 0 unspecified atom stereocenters. The van der Waals surface area contributed by atoms with Gasteiger partial charge in [-0.25, -0.2) is 0 Å². The van der Waals surface area contributed by atoms with Gasteiger partial charge in [-0.1, -0.05) is 49.8 Å². The quantitative estimate of drug-likeness (QED) is 0.251. The van der Waals surface area contributed by atoms with E-state index in [0.29, 0.717) is 29.8 Å². The maximum absolute atomic E-state index is 12.8. The molecule has 3 aliphatic carbocycles. The smallest absolute Gasteiger partial charge is 0.269 e. The number of rotatable bonds is 12. The molecule has 0 aliphatic heterocycles. The highest BCUT2D eigenvalue weighted by Crippen LogP contribution is 2.40. The lowest BCUT2D eigenvalue weighted by molar-refractivity contribution is -0.114. The van der Waals surface area contributed by atoms with Crippen molar-refractivity contribution in [1.82, 2.24) is 5.32 Å². The van der Waals surface area contributed by atoms with E-state index in [0.717, 1.165) is 5.57 Å². The first-order valence-corrected chi connectivity index (χ1v) is 12.1. The fraction of sp³-hybridized carbons (Fsp3) is 0.464. The lowest BCUT2D eigenvalue weighted by Gasteiger charge is -2.20. The van der Waals surface area contributed by atoms with Crippen molar-refractivity contribution in [2.75, 3.05) is 6.54 Å². The Balaban J connectivity index is 1.75. The summed E-state index contributed by atoms with van der Waals surface area (Å²) in [6, 6.07) is -0.323. The third kappa shape index (κ3) is 6.77. The van der Waals surface area contributed by atoms with Gasteiger partial charge in [0.25, 0.3) is 5.91 Å². The summed E-state index contributed by atoms with van der Waals surface area (Å²) in [6.45, 7) is 12.9. The van der Waals surface area contributed by atoms with Gasteiger partial charge in [0.15, 0.2) is 0 Å². The van der Waals surface area contributed by atoms with E-state index in [-0.39, 0.29) is 11.9 Å². The highest BCUT2D eigenvalue weighted by Gasteiger charge is 2.38. The predicted molar refractivity (Wildman–Crippen MR) is 139 cm³/mol. The molecule has 3 rings (SSSR count). The van der Waals surface area contributed by atoms with Gasteiger partial charge >= 0.3 is 0 Å². The Morgan fingerprint density at radius 3 is 2.48 bits per heavy atom. The lowest BCUT2D eigenvalue weighted by Crippen LogP contribution is -2.42. The summed E-state index contributed by atoms with van der Waals surface area (Å²) in [5.74, 6) is 0.903. The minimum atomic E-state index is -0.503. The third-order valence-corrected chi connectivity index (χ3v) is 6.53. The van der Waals surface area contributed by atoms with Crippen LogP contribution in [0, 0.1) is 11.8 Å². The highest BCUT2D eigenvalue weighted by atomic mass is 16.1. The SMILES string of the molecule is C=CC(=NC1(C(/C=C\C)=C/C(=C)C2CCCC2)C=C1)[C@H](C)NC(=O)C(/C=C\N)=NCC1CC1. The molecule has 0 radical (unpaired) electrons. The van der Waals surface area contributed by atoms with Crippen molar-refractivity contribution >= 4 is 17.3 Å². The number of nitrogens with zero attached hydrogens (tertiary/aromatic N) is 2. The number of nitrogens with two attached hydrogens (primary N) is 1. The summed E-state index contributed by atoms with van der Waals surface area (Å²) < 4.78 is 0. The third-order valence-electron chi connectivity index (χ3n) is 6.53. The van der Waals surface area contributed by atoms with Gasteiger partial charge in [-0.3, -0.25) is 14.8 Å². The van der Waals surface area contributed by atoms with Gasteiger partial charge in [0.1, 0.15) is 11.3 Å². The van der Waals surface area contributed by atoms with Gasteiger partial charge in [0.2, 0.25) is 0 Å². The maximum atomic E-state index is 12.8. The predicted octanol–water partition coefficient (Wildman–Crippen LogP) is 5.00. The Kier molecular flexibility index (Phi) is 8.43. The molecule has 0 saturated heterocycles. The topological polar surface area (TPSA) is 79.8 Å². The fourth-order valence-corrected chi connectivity index (χ4v) is 4.20. The Labute approximate surface area is 198 Å². The van der Waals surface area contributed by atoms with E-state index in [1.165, 1.54) is 50.3 Å². The summed E-state index contributed by atoms with van der Waals surface area (Å²) in [7, 11) is 0. The second kappa shape index (κ2) is 11.3. The van der Waals surface area contributed by atoms with Crippen molar-refractivity contribution in [2.45, 2.75) is 64.0 Å². The molecule has 1 atom stereocenters. The van der Waals surface area contributed by atoms with Crippen molar-refractivity contribution in [3.63, 3.8) is 0 Å². The number of allylic oxidation sites excluding steroid dienone is 3. The summed E-state index contributed by atoms with van der Waals surface area (Å²) in [4.78, 5) is 22.3. The molecule has 0 aromatic heterocycles. The first-order chi connectivity index (χ1) is 15.9. The molecule has 0 aromatic carbocycles. The van der Waals surface area contributed by atoms with Crippen molar-refractivity contribution < 1.29 is 4.79 Å². The standard InChI is InChI=1S/C28H38N4O/c1-5-9-24(18-20(3)23-10-7-8-11-23)28(15-16-28)32-25(6-2)21(4)31-27(33)26(14-17-29)30-19-22-12-13-22/h5-6,9,14-18,21-23H,2-3,7-8,10-13,19,29H2,1,4H3,(H,31,33)/b9-5-,17-14-,24-18+,30-26?,32-25?/t21-/m0/s1. The van der Waals surface area contributed by atoms with E-state index in [1.54, 1.807) is 12.2 Å². The molecular weight excluding hydrogens is 408 g/mol. The van der Waals surface area contributed by atoms with Crippen LogP contribution in [0.3, 0.4) is 0 Å². The molecule has 176 valence electrons. The minimum Gasteiger partial charge on any atom is -0.405 e. The molecule has 3 aliphatic rings. The van der Waals surface area contributed by atoms with Crippen LogP contribution in [-0.2, 0) is 4.79 Å². The molecule has 0 heterocycles. The van der Waals surface area contributed by atoms with E-state index in [4.69, 9.17) is 10.7 Å². The van der Waals surface area contributed by atoms with Crippen LogP contribution in [0.25, 0.3) is 0 Å². The number of hydrogen-bond donors (Lipinski definition) is 2. The number of aliphatic imine (C=N–C) groups is 2. The average molecular weight is 447 g/mol. The van der Waals surface area contributed by atoms with Crippen LogP contribution in [0.1, 0.15) is 52.4 Å². The zero-order valence-electron chi connectivity index (χ0n) is 20.1. The average Bonchev–Trinajstić information content (AvgIpc) is 3.72. The fourth-order valence-electron chi connectivity index (χ4n) is 4.20. The first kappa shape index (κ1) is 24.7. The van der Waals surface area contributed by atoms with Gasteiger partial charge in [0.05, 0.1) is 11.8 Å². The van der Waals surface area contributed by atoms with Crippen LogP contribution < -0.4 is 11.1 Å². The van der Waals surface area contributed by atoms with Crippen molar-refractivity contribution in [1.29, 1.82) is 0 Å². The van der Waals surface area contributed by atoms with E-state index < -0.39 is 5.54 Å². The number of carbonyl (C=O) groups excluding carboxylic acids is 1. The molecule has 0 aromatic rings. The van der Waals surface area contributed by atoms with E-state index in [1.807, 2.05) is 19.9 Å². The van der Waals surface area contributed by atoms with E-state index in [2.05, 4.69) is 47.8 Å². The number of hydrogen-bond acceptors (Lipinski definition) is 4. The Hall–Kier alpha value is -2.95. The zero-order chi connectivity index (χ0) is 23.8. The van der Waals surface area contributed by atoms with Gasteiger partial charge in [0, 0.05) is 6.54 Å². The normalized spacial score (nSPS) is 22.2. The molecule has 5 nitrogen and oxygen atoms in total. The molecule has 0 bridgehead atoms. The maximum Gasteiger partial charge on any atom is 0.269 e. The van der Waals surface area contributed by atoms with Gasteiger partial charge < -0.3 is 11.1 Å². The van der Waals surface area contributed by atoms with Gasteiger partial charge in [-0.2, -0.15) is 0 Å².